The van der Waals surface area contributed by atoms with Crippen LogP contribution in [0.2, 0.25) is 0 Å². The summed E-state index contributed by atoms with van der Waals surface area (Å²) in [6.07, 6.45) is 3.87. The fourth-order valence-corrected chi connectivity index (χ4v) is 3.40. The van der Waals surface area contributed by atoms with Crippen molar-refractivity contribution in [2.75, 3.05) is 26.3 Å². The van der Waals surface area contributed by atoms with Gasteiger partial charge >= 0.3 is 5.97 Å². The van der Waals surface area contributed by atoms with Gasteiger partial charge in [-0.1, -0.05) is 19.8 Å². The molecule has 0 aromatic heterocycles. The first-order valence-electron chi connectivity index (χ1n) is 6.28. The van der Waals surface area contributed by atoms with E-state index in [-0.39, 0.29) is 0 Å². The molecule has 2 fully saturated rings. The molecule has 1 saturated heterocycles. The molecule has 1 aliphatic heterocycles. The molecule has 1 saturated carbocycles. The van der Waals surface area contributed by atoms with Gasteiger partial charge in [0.2, 0.25) is 0 Å². The molecule has 2 unspecified atom stereocenters. The number of nitrogens with zero attached hydrogens (tertiary/aromatic N) is 1. The van der Waals surface area contributed by atoms with Gasteiger partial charge in [0.25, 0.3) is 0 Å². The summed E-state index contributed by atoms with van der Waals surface area (Å²) < 4.78 is 5.32. The highest BCUT2D eigenvalue weighted by molar-refractivity contribution is 5.79. The number of rotatable bonds is 3. The zero-order valence-corrected chi connectivity index (χ0v) is 9.95. The van der Waals surface area contributed by atoms with Crippen LogP contribution in [0.25, 0.3) is 0 Å². The summed E-state index contributed by atoms with van der Waals surface area (Å²) in [7, 11) is 0. The van der Waals surface area contributed by atoms with Crippen molar-refractivity contribution in [3.8, 4) is 0 Å². The molecule has 16 heavy (non-hydrogen) atoms. The summed E-state index contributed by atoms with van der Waals surface area (Å²) in [4.78, 5) is 13.9. The van der Waals surface area contributed by atoms with Gasteiger partial charge in [-0.05, 0) is 18.8 Å². The maximum Gasteiger partial charge on any atom is 0.324 e. The van der Waals surface area contributed by atoms with Gasteiger partial charge in [0.15, 0.2) is 0 Å². The first kappa shape index (κ1) is 11.9. The molecular formula is C12H21NO3. The van der Waals surface area contributed by atoms with Crippen LogP contribution in [-0.4, -0.2) is 47.8 Å². The molecule has 0 radical (unpaired) electrons. The van der Waals surface area contributed by atoms with E-state index in [1.165, 1.54) is 0 Å². The maximum absolute atomic E-state index is 11.7. The number of ether oxygens (including phenoxy) is 1. The molecule has 1 N–H and O–H groups in total. The Balaban J connectivity index is 2.23. The second-order valence-electron chi connectivity index (χ2n) is 4.83. The largest absolute Gasteiger partial charge is 0.480 e. The molecule has 4 nitrogen and oxygen atoms in total. The number of morpholine rings is 1. The topological polar surface area (TPSA) is 49.8 Å². The molecule has 0 aromatic carbocycles. The van der Waals surface area contributed by atoms with Crippen LogP contribution in [0.4, 0.5) is 0 Å². The zero-order valence-electron chi connectivity index (χ0n) is 9.95. The number of carboxylic acids is 1. The van der Waals surface area contributed by atoms with E-state index in [0.29, 0.717) is 19.1 Å². The number of carboxylic acid groups (broad SMARTS) is 1. The van der Waals surface area contributed by atoms with Crippen molar-refractivity contribution in [3.05, 3.63) is 0 Å². The van der Waals surface area contributed by atoms with Crippen LogP contribution in [0.5, 0.6) is 0 Å². The minimum absolute atomic E-state index is 0.308. The fraction of sp³-hybridized carbons (Fsp3) is 0.917. The van der Waals surface area contributed by atoms with Gasteiger partial charge in [0.1, 0.15) is 5.54 Å². The van der Waals surface area contributed by atoms with Crippen LogP contribution >= 0.6 is 0 Å². The molecule has 0 amide bonds. The van der Waals surface area contributed by atoms with Gasteiger partial charge in [0.05, 0.1) is 13.2 Å². The van der Waals surface area contributed by atoms with Crippen molar-refractivity contribution < 1.29 is 14.6 Å². The van der Waals surface area contributed by atoms with Gasteiger partial charge in [0, 0.05) is 13.1 Å². The third-order valence-electron chi connectivity index (χ3n) is 4.22. The van der Waals surface area contributed by atoms with Gasteiger partial charge in [-0.15, -0.1) is 0 Å². The molecule has 2 rings (SSSR count). The number of aliphatic carboxylic acids is 1. The number of hydrogen-bond acceptors (Lipinski definition) is 3. The molecule has 1 aliphatic carbocycles. The molecule has 0 bridgehead atoms. The predicted molar refractivity (Wildman–Crippen MR) is 60.4 cm³/mol. The third kappa shape index (κ3) is 1.74. The number of hydrogen-bond donors (Lipinski definition) is 1. The SMILES string of the molecule is CCC1CCCC1(C(=O)O)N1CCOCC1. The second kappa shape index (κ2) is 4.72. The van der Waals surface area contributed by atoms with E-state index in [4.69, 9.17) is 4.74 Å². The number of carbonyl (C=O) groups is 1. The minimum atomic E-state index is -0.626. The molecular weight excluding hydrogens is 206 g/mol. The van der Waals surface area contributed by atoms with Crippen molar-refractivity contribution in [3.63, 3.8) is 0 Å². The van der Waals surface area contributed by atoms with Crippen molar-refractivity contribution >= 4 is 5.97 Å². The van der Waals surface area contributed by atoms with E-state index in [9.17, 15) is 9.90 Å². The van der Waals surface area contributed by atoms with Crippen molar-refractivity contribution in [2.45, 2.75) is 38.1 Å². The minimum Gasteiger partial charge on any atom is -0.480 e. The molecule has 2 atom stereocenters. The first-order valence-corrected chi connectivity index (χ1v) is 6.28. The van der Waals surface area contributed by atoms with Crippen LogP contribution in [0.3, 0.4) is 0 Å². The van der Waals surface area contributed by atoms with Crippen molar-refractivity contribution in [1.29, 1.82) is 0 Å². The Bertz CT molecular complexity index is 263. The van der Waals surface area contributed by atoms with Crippen LogP contribution in [-0.2, 0) is 9.53 Å². The van der Waals surface area contributed by atoms with E-state index in [1.54, 1.807) is 0 Å². The predicted octanol–water partition coefficient (Wildman–Crippen LogP) is 1.35. The van der Waals surface area contributed by atoms with Crippen LogP contribution in [0, 0.1) is 5.92 Å². The summed E-state index contributed by atoms with van der Waals surface area (Å²) in [5.41, 5.74) is -0.599. The van der Waals surface area contributed by atoms with Crippen LogP contribution in [0.1, 0.15) is 32.6 Å². The van der Waals surface area contributed by atoms with Crippen molar-refractivity contribution in [1.82, 2.24) is 4.90 Å². The summed E-state index contributed by atoms with van der Waals surface area (Å²) in [5, 5.41) is 9.64. The molecule has 0 aromatic rings. The Labute approximate surface area is 96.6 Å². The van der Waals surface area contributed by atoms with E-state index >= 15 is 0 Å². The van der Waals surface area contributed by atoms with E-state index in [1.807, 2.05) is 0 Å². The lowest BCUT2D eigenvalue weighted by atomic mass is 9.83. The molecule has 1 heterocycles. The average Bonchev–Trinajstić information content (AvgIpc) is 2.74. The lowest BCUT2D eigenvalue weighted by Crippen LogP contribution is -2.60. The normalized spacial score (nSPS) is 36.4. The Morgan fingerprint density at radius 1 is 1.50 bits per heavy atom. The molecule has 92 valence electrons. The van der Waals surface area contributed by atoms with E-state index < -0.39 is 11.5 Å². The average molecular weight is 227 g/mol. The zero-order chi connectivity index (χ0) is 11.6. The van der Waals surface area contributed by atoms with Gasteiger partial charge < -0.3 is 9.84 Å². The summed E-state index contributed by atoms with van der Waals surface area (Å²) in [6, 6.07) is 0. The Morgan fingerprint density at radius 2 is 2.19 bits per heavy atom. The lowest BCUT2D eigenvalue weighted by molar-refractivity contribution is -0.158. The Kier molecular flexibility index (Phi) is 3.50. The van der Waals surface area contributed by atoms with E-state index in [0.717, 1.165) is 38.8 Å². The Hall–Kier alpha value is -0.610. The fourth-order valence-electron chi connectivity index (χ4n) is 3.40. The highest BCUT2D eigenvalue weighted by Gasteiger charge is 2.52. The standard InChI is InChI=1S/C12H21NO3/c1-2-10-4-3-5-12(10,11(14)15)13-6-8-16-9-7-13/h10H,2-9H2,1H3,(H,14,15). The highest BCUT2D eigenvalue weighted by Crippen LogP contribution is 2.42. The van der Waals surface area contributed by atoms with Gasteiger partial charge in [-0.25, -0.2) is 0 Å². The van der Waals surface area contributed by atoms with Gasteiger partial charge in [-0.3, -0.25) is 9.69 Å². The second-order valence-corrected chi connectivity index (χ2v) is 4.83. The third-order valence-corrected chi connectivity index (χ3v) is 4.22. The summed E-state index contributed by atoms with van der Waals surface area (Å²) in [6.45, 7) is 4.98. The monoisotopic (exact) mass is 227 g/mol. The highest BCUT2D eigenvalue weighted by atomic mass is 16.5. The molecule has 2 aliphatic rings. The van der Waals surface area contributed by atoms with E-state index in [2.05, 4.69) is 11.8 Å². The Morgan fingerprint density at radius 3 is 2.75 bits per heavy atom. The quantitative estimate of drug-likeness (QED) is 0.790. The smallest absolute Gasteiger partial charge is 0.324 e. The van der Waals surface area contributed by atoms with Gasteiger partial charge in [-0.2, -0.15) is 0 Å². The van der Waals surface area contributed by atoms with Crippen molar-refractivity contribution in [2.24, 2.45) is 5.92 Å². The summed E-state index contributed by atoms with van der Waals surface area (Å²) in [5.74, 6) is -0.318. The molecule has 4 heteroatoms. The van der Waals surface area contributed by atoms with Crippen LogP contribution in [0.15, 0.2) is 0 Å². The lowest BCUT2D eigenvalue weighted by Gasteiger charge is -2.43. The maximum atomic E-state index is 11.7. The summed E-state index contributed by atoms with van der Waals surface area (Å²) >= 11 is 0. The van der Waals surface area contributed by atoms with Crippen LogP contribution < -0.4 is 0 Å². The first-order chi connectivity index (χ1) is 7.71. The molecule has 0 spiro atoms.